The van der Waals surface area contributed by atoms with Gasteiger partial charge >= 0.3 is 12.4 Å². The van der Waals surface area contributed by atoms with Gasteiger partial charge in [-0.15, -0.1) is 0 Å². The summed E-state index contributed by atoms with van der Waals surface area (Å²) in [6, 6.07) is 21.9. The first-order valence-corrected chi connectivity index (χ1v) is 18.6. The molecular weight excluding hydrogens is 734 g/mol. The number of nitrogens with zero attached hydrogens (tertiary/aromatic N) is 2. The van der Waals surface area contributed by atoms with E-state index in [-0.39, 0.29) is 29.9 Å². The molecule has 1 amide bonds. The average molecular weight is 781 g/mol. The zero-order valence-electron chi connectivity index (χ0n) is 31.4. The van der Waals surface area contributed by atoms with Crippen LogP contribution < -0.4 is 20.5 Å². The molecule has 0 bridgehead atoms. The van der Waals surface area contributed by atoms with Gasteiger partial charge in [0.2, 0.25) is 0 Å². The van der Waals surface area contributed by atoms with Gasteiger partial charge < -0.3 is 25.1 Å². The number of carbonyl (C=O) groups excluding carboxylic acids is 1. The first-order valence-electron chi connectivity index (χ1n) is 18.6. The van der Waals surface area contributed by atoms with Gasteiger partial charge in [0.05, 0.1) is 36.7 Å². The Morgan fingerprint density at radius 2 is 1.16 bits per heavy atom. The normalized spacial score (nSPS) is 11.8. The summed E-state index contributed by atoms with van der Waals surface area (Å²) >= 11 is 0. The number of nitrogens with one attached hydrogen (secondary N) is 1. The summed E-state index contributed by atoms with van der Waals surface area (Å²) in [7, 11) is 3.00. The monoisotopic (exact) mass is 780 g/mol. The van der Waals surface area contributed by atoms with E-state index in [1.54, 1.807) is 77.4 Å². The Bertz CT molecular complexity index is 1990. The van der Waals surface area contributed by atoms with Crippen molar-refractivity contribution >= 4 is 5.91 Å². The largest absolute Gasteiger partial charge is 0.497 e. The SMILES string of the molecule is COc1ccc(-c2nc(-c3cc(C(F)(F)F)cc(C(F)(F)F)c3)n(Cc3ccc(C(=O)NCCCCCCCCCCN)cc3)c2-c2ccc(OC)cc2)cc1. The van der Waals surface area contributed by atoms with E-state index in [0.717, 1.165) is 45.1 Å². The van der Waals surface area contributed by atoms with Crippen LogP contribution in [0.4, 0.5) is 26.3 Å². The van der Waals surface area contributed by atoms with Crippen molar-refractivity contribution in [3.05, 3.63) is 113 Å². The van der Waals surface area contributed by atoms with E-state index in [4.69, 9.17) is 20.2 Å². The van der Waals surface area contributed by atoms with Crippen molar-refractivity contribution in [3.63, 3.8) is 0 Å². The average Bonchev–Trinajstić information content (AvgIpc) is 3.56. The Balaban J connectivity index is 1.51. The molecule has 5 aromatic rings. The van der Waals surface area contributed by atoms with Crippen molar-refractivity contribution in [2.45, 2.75) is 70.3 Å². The predicted molar refractivity (Wildman–Crippen MR) is 206 cm³/mol. The van der Waals surface area contributed by atoms with Crippen molar-refractivity contribution in [2.24, 2.45) is 5.73 Å². The minimum atomic E-state index is -5.06. The molecule has 5 rings (SSSR count). The molecule has 13 heteroatoms. The second kappa shape index (κ2) is 19.0. The van der Waals surface area contributed by atoms with Crippen LogP contribution in [0, 0.1) is 0 Å². The van der Waals surface area contributed by atoms with Gasteiger partial charge in [-0.1, -0.05) is 50.7 Å². The van der Waals surface area contributed by atoms with Gasteiger partial charge in [-0.2, -0.15) is 26.3 Å². The van der Waals surface area contributed by atoms with Crippen LogP contribution in [0.15, 0.2) is 91.0 Å². The number of rotatable bonds is 18. The molecule has 0 aliphatic rings. The third-order valence-corrected chi connectivity index (χ3v) is 9.51. The molecular formula is C43H46F6N4O3. The number of hydrogen-bond donors (Lipinski definition) is 2. The molecule has 3 N–H and O–H groups in total. The van der Waals surface area contributed by atoms with E-state index in [1.807, 2.05) is 0 Å². The van der Waals surface area contributed by atoms with E-state index in [2.05, 4.69) is 5.32 Å². The third kappa shape index (κ3) is 10.9. The maximum atomic E-state index is 14.1. The van der Waals surface area contributed by atoms with Crippen LogP contribution in [0.3, 0.4) is 0 Å². The number of unbranched alkanes of at least 4 members (excludes halogenated alkanes) is 7. The number of amides is 1. The summed E-state index contributed by atoms with van der Waals surface area (Å²) in [6.07, 6.45) is -1.44. The minimum Gasteiger partial charge on any atom is -0.497 e. The molecule has 0 spiro atoms. The van der Waals surface area contributed by atoms with Gasteiger partial charge in [0.15, 0.2) is 0 Å². The van der Waals surface area contributed by atoms with Crippen LogP contribution in [0.5, 0.6) is 11.5 Å². The van der Waals surface area contributed by atoms with Gasteiger partial charge in [0.25, 0.3) is 5.91 Å². The Morgan fingerprint density at radius 3 is 1.66 bits per heavy atom. The van der Waals surface area contributed by atoms with Crippen molar-refractivity contribution in [1.29, 1.82) is 0 Å². The number of hydrogen-bond acceptors (Lipinski definition) is 5. The van der Waals surface area contributed by atoms with Gasteiger partial charge in [0, 0.05) is 35.3 Å². The summed E-state index contributed by atoms with van der Waals surface area (Å²) in [6.45, 7) is 1.25. The van der Waals surface area contributed by atoms with Crippen LogP contribution in [-0.2, 0) is 18.9 Å². The van der Waals surface area contributed by atoms with Crippen molar-refractivity contribution in [1.82, 2.24) is 14.9 Å². The highest BCUT2D eigenvalue weighted by Crippen LogP contribution is 2.42. The van der Waals surface area contributed by atoms with E-state index in [1.165, 1.54) is 27.1 Å². The molecule has 0 saturated heterocycles. The second-order valence-electron chi connectivity index (χ2n) is 13.5. The number of alkyl halides is 6. The highest BCUT2D eigenvalue weighted by molar-refractivity contribution is 5.94. The second-order valence-corrected chi connectivity index (χ2v) is 13.5. The van der Waals surface area contributed by atoms with E-state index in [0.29, 0.717) is 63.8 Å². The van der Waals surface area contributed by atoms with Crippen LogP contribution in [0.2, 0.25) is 0 Å². The van der Waals surface area contributed by atoms with Crippen LogP contribution in [0.25, 0.3) is 33.9 Å². The van der Waals surface area contributed by atoms with Crippen LogP contribution in [0.1, 0.15) is 78.4 Å². The molecule has 0 atom stereocenters. The highest BCUT2D eigenvalue weighted by atomic mass is 19.4. The molecule has 0 aliphatic heterocycles. The summed E-state index contributed by atoms with van der Waals surface area (Å²) in [5.74, 6) is 0.726. The Kier molecular flexibility index (Phi) is 14.2. The van der Waals surface area contributed by atoms with Crippen molar-refractivity contribution in [2.75, 3.05) is 27.3 Å². The zero-order valence-corrected chi connectivity index (χ0v) is 31.4. The van der Waals surface area contributed by atoms with E-state index < -0.39 is 23.5 Å². The summed E-state index contributed by atoms with van der Waals surface area (Å²) in [5, 5.41) is 2.95. The molecule has 0 fully saturated rings. The predicted octanol–water partition coefficient (Wildman–Crippen LogP) is 10.8. The fourth-order valence-electron chi connectivity index (χ4n) is 6.48. The first-order chi connectivity index (χ1) is 26.8. The number of nitrogens with two attached hydrogens (primary N) is 1. The lowest BCUT2D eigenvalue weighted by Crippen LogP contribution is -2.24. The van der Waals surface area contributed by atoms with Gasteiger partial charge in [0.1, 0.15) is 17.3 Å². The molecule has 4 aromatic carbocycles. The van der Waals surface area contributed by atoms with Crippen molar-refractivity contribution in [3.8, 4) is 45.4 Å². The molecule has 0 unspecified atom stereocenters. The Morgan fingerprint density at radius 1 is 0.661 bits per heavy atom. The third-order valence-electron chi connectivity index (χ3n) is 9.51. The number of methoxy groups -OCH3 is 2. The number of ether oxygens (including phenoxy) is 2. The Labute approximate surface area is 322 Å². The highest BCUT2D eigenvalue weighted by Gasteiger charge is 2.38. The lowest BCUT2D eigenvalue weighted by Gasteiger charge is -2.17. The Hall–Kier alpha value is -5.30. The standard InChI is InChI=1S/C43H46F6N4O3/c1-55-36-19-15-30(16-20-36)38-39(31-17-21-37(56-2)22-18-31)53(40(52-38)33-25-34(42(44,45)46)27-35(26-33)43(47,48)49)28-29-11-13-32(14-12-29)41(54)51-24-10-8-6-4-3-5-7-9-23-50/h11-22,25-27H,3-10,23-24,28,50H2,1-2H3,(H,51,54). The lowest BCUT2D eigenvalue weighted by molar-refractivity contribution is -0.143. The quantitative estimate of drug-likeness (QED) is 0.0682. The number of carbonyl (C=O) groups is 1. The number of aromatic nitrogens is 2. The van der Waals surface area contributed by atoms with Gasteiger partial charge in [-0.3, -0.25) is 4.79 Å². The maximum absolute atomic E-state index is 14.1. The van der Waals surface area contributed by atoms with Crippen molar-refractivity contribution < 1.29 is 40.6 Å². The maximum Gasteiger partial charge on any atom is 0.416 e. The fourth-order valence-corrected chi connectivity index (χ4v) is 6.48. The molecule has 298 valence electrons. The molecule has 0 radical (unpaired) electrons. The molecule has 1 heterocycles. The minimum absolute atomic E-state index is 0.00836. The number of benzene rings is 4. The summed E-state index contributed by atoms with van der Waals surface area (Å²) in [5.41, 5.74) is 5.20. The smallest absolute Gasteiger partial charge is 0.416 e. The van der Waals surface area contributed by atoms with Crippen LogP contribution in [-0.4, -0.2) is 42.8 Å². The van der Waals surface area contributed by atoms with E-state index in [9.17, 15) is 31.1 Å². The first kappa shape index (κ1) is 41.9. The molecule has 56 heavy (non-hydrogen) atoms. The fraction of sp³-hybridized carbons (Fsp3) is 0.349. The molecule has 0 aliphatic carbocycles. The van der Waals surface area contributed by atoms with Crippen LogP contribution >= 0.6 is 0 Å². The summed E-state index contributed by atoms with van der Waals surface area (Å²) in [4.78, 5) is 17.8. The van der Waals surface area contributed by atoms with Gasteiger partial charge in [-0.25, -0.2) is 4.98 Å². The summed E-state index contributed by atoms with van der Waals surface area (Å²) < 4.78 is 96.9. The van der Waals surface area contributed by atoms with E-state index >= 15 is 0 Å². The number of halogens is 6. The van der Waals surface area contributed by atoms with Gasteiger partial charge in [-0.05, 0) is 104 Å². The zero-order chi connectivity index (χ0) is 40.3. The topological polar surface area (TPSA) is 91.4 Å². The molecule has 7 nitrogen and oxygen atoms in total. The lowest BCUT2D eigenvalue weighted by atomic mass is 10.0. The molecule has 0 saturated carbocycles. The number of imidazole rings is 1. The molecule has 1 aromatic heterocycles.